The van der Waals surface area contributed by atoms with Crippen LogP contribution >= 0.6 is 0 Å². The minimum absolute atomic E-state index is 0.141. The van der Waals surface area contributed by atoms with Gasteiger partial charge in [-0.05, 0) is 61.2 Å². The largest absolute Gasteiger partial charge is 0.322 e. The van der Waals surface area contributed by atoms with Crippen molar-refractivity contribution in [2.45, 2.75) is 27.3 Å². The number of anilines is 1. The Labute approximate surface area is 153 Å². The quantitative estimate of drug-likeness (QED) is 0.774. The Bertz CT molecular complexity index is 1020. The second-order valence-corrected chi connectivity index (χ2v) is 6.48. The third-order valence-electron chi connectivity index (χ3n) is 4.72. The van der Waals surface area contributed by atoms with E-state index in [1.807, 2.05) is 63.2 Å². The molecule has 0 atom stereocenters. The lowest BCUT2D eigenvalue weighted by molar-refractivity contribution is 0.102. The number of nitrogens with zero attached hydrogens (tertiary/aromatic N) is 1. The van der Waals surface area contributed by atoms with Crippen LogP contribution in [-0.4, -0.2) is 10.5 Å². The number of pyridine rings is 1. The number of benzene rings is 2. The summed E-state index contributed by atoms with van der Waals surface area (Å²) < 4.78 is 1.57. The number of carbonyl (C=O) groups is 1. The molecule has 0 saturated heterocycles. The summed E-state index contributed by atoms with van der Waals surface area (Å²) in [7, 11) is 0. The van der Waals surface area contributed by atoms with Gasteiger partial charge in [-0.1, -0.05) is 36.4 Å². The molecule has 0 saturated carbocycles. The molecule has 0 radical (unpaired) electrons. The highest BCUT2D eigenvalue weighted by molar-refractivity contribution is 6.04. The van der Waals surface area contributed by atoms with Gasteiger partial charge in [-0.2, -0.15) is 0 Å². The average molecular weight is 346 g/mol. The van der Waals surface area contributed by atoms with Crippen LogP contribution in [-0.2, 0) is 6.54 Å². The van der Waals surface area contributed by atoms with Crippen LogP contribution in [0.25, 0.3) is 0 Å². The van der Waals surface area contributed by atoms with Gasteiger partial charge in [0.15, 0.2) is 0 Å². The Morgan fingerprint density at radius 2 is 1.65 bits per heavy atom. The molecule has 0 aliphatic heterocycles. The van der Waals surface area contributed by atoms with Gasteiger partial charge in [-0.3, -0.25) is 9.59 Å². The second-order valence-electron chi connectivity index (χ2n) is 6.48. The molecule has 0 fully saturated rings. The predicted molar refractivity (Wildman–Crippen MR) is 105 cm³/mol. The number of aryl methyl sites for hydroxylation is 2. The first kappa shape index (κ1) is 17.7. The van der Waals surface area contributed by atoms with Crippen molar-refractivity contribution in [1.82, 2.24) is 4.57 Å². The molecule has 1 heterocycles. The van der Waals surface area contributed by atoms with Gasteiger partial charge in [0, 0.05) is 11.9 Å². The molecule has 3 aromatic rings. The molecule has 26 heavy (non-hydrogen) atoms. The van der Waals surface area contributed by atoms with Crippen LogP contribution < -0.4 is 10.9 Å². The molecule has 0 aliphatic rings. The van der Waals surface area contributed by atoms with E-state index < -0.39 is 0 Å². The van der Waals surface area contributed by atoms with Crippen LogP contribution in [0, 0.1) is 20.8 Å². The van der Waals surface area contributed by atoms with Crippen molar-refractivity contribution in [3.8, 4) is 0 Å². The summed E-state index contributed by atoms with van der Waals surface area (Å²) in [6.07, 6.45) is 1.71. The third-order valence-corrected chi connectivity index (χ3v) is 4.72. The summed E-state index contributed by atoms with van der Waals surface area (Å²) in [6, 6.07) is 16.9. The Morgan fingerprint density at radius 3 is 2.42 bits per heavy atom. The zero-order valence-corrected chi connectivity index (χ0v) is 15.2. The molecule has 0 aliphatic carbocycles. The molecular weight excluding hydrogens is 324 g/mol. The molecule has 132 valence electrons. The zero-order valence-electron chi connectivity index (χ0n) is 15.2. The highest BCUT2D eigenvalue weighted by atomic mass is 16.2. The summed E-state index contributed by atoms with van der Waals surface area (Å²) in [5, 5.41) is 2.86. The van der Waals surface area contributed by atoms with Crippen molar-refractivity contribution < 1.29 is 4.79 Å². The number of hydrogen-bond donors (Lipinski definition) is 1. The molecule has 0 unspecified atom stereocenters. The molecular formula is C22H22N2O2. The smallest absolute Gasteiger partial charge is 0.263 e. The van der Waals surface area contributed by atoms with Crippen LogP contribution in [0.4, 0.5) is 5.69 Å². The fourth-order valence-electron chi connectivity index (χ4n) is 2.88. The number of amides is 1. The van der Waals surface area contributed by atoms with Crippen LogP contribution in [0.3, 0.4) is 0 Å². The van der Waals surface area contributed by atoms with E-state index in [1.54, 1.807) is 22.9 Å². The molecule has 0 bridgehead atoms. The maximum Gasteiger partial charge on any atom is 0.263 e. The van der Waals surface area contributed by atoms with Crippen molar-refractivity contribution in [3.05, 3.63) is 99.0 Å². The van der Waals surface area contributed by atoms with Crippen molar-refractivity contribution >= 4 is 11.6 Å². The lowest BCUT2D eigenvalue weighted by atomic mass is 10.1. The van der Waals surface area contributed by atoms with Gasteiger partial charge < -0.3 is 9.88 Å². The van der Waals surface area contributed by atoms with E-state index in [0.29, 0.717) is 6.54 Å². The Balaban J connectivity index is 1.89. The minimum Gasteiger partial charge on any atom is -0.322 e. The van der Waals surface area contributed by atoms with Crippen molar-refractivity contribution in [1.29, 1.82) is 0 Å². The van der Waals surface area contributed by atoms with Crippen LogP contribution in [0.1, 0.15) is 32.6 Å². The summed E-state index contributed by atoms with van der Waals surface area (Å²) in [4.78, 5) is 25.4. The maximum atomic E-state index is 12.8. The molecule has 2 aromatic carbocycles. The number of hydrogen-bond acceptors (Lipinski definition) is 2. The van der Waals surface area contributed by atoms with Gasteiger partial charge in [-0.25, -0.2) is 0 Å². The molecule has 4 heteroatoms. The normalized spacial score (nSPS) is 10.6. The number of aromatic nitrogens is 1. The molecule has 3 rings (SSSR count). The molecule has 4 nitrogen and oxygen atoms in total. The number of nitrogens with one attached hydrogen (secondary N) is 1. The Hall–Kier alpha value is -3.14. The molecule has 1 N–H and O–H groups in total. The summed E-state index contributed by atoms with van der Waals surface area (Å²) in [6.45, 7) is 6.39. The second kappa shape index (κ2) is 7.40. The monoisotopic (exact) mass is 346 g/mol. The predicted octanol–water partition coefficient (Wildman–Crippen LogP) is 4.07. The average Bonchev–Trinajstić information content (AvgIpc) is 2.62. The van der Waals surface area contributed by atoms with Crippen LogP contribution in [0.15, 0.2) is 65.6 Å². The topological polar surface area (TPSA) is 51.1 Å². The van der Waals surface area contributed by atoms with E-state index in [2.05, 4.69) is 5.32 Å². The summed E-state index contributed by atoms with van der Waals surface area (Å²) in [5.74, 6) is -0.386. The fourth-order valence-corrected chi connectivity index (χ4v) is 2.88. The van der Waals surface area contributed by atoms with Gasteiger partial charge in [0.2, 0.25) is 0 Å². The van der Waals surface area contributed by atoms with Gasteiger partial charge in [0.1, 0.15) is 5.56 Å². The number of carbonyl (C=O) groups excluding carboxylic acids is 1. The van der Waals surface area contributed by atoms with Crippen LogP contribution in [0.2, 0.25) is 0 Å². The highest BCUT2D eigenvalue weighted by Crippen LogP contribution is 2.18. The fraction of sp³-hybridized carbons (Fsp3) is 0.182. The van der Waals surface area contributed by atoms with Gasteiger partial charge in [-0.15, -0.1) is 0 Å². The Kier molecular flexibility index (Phi) is 5.03. The van der Waals surface area contributed by atoms with Gasteiger partial charge in [0.25, 0.3) is 11.5 Å². The first-order valence-corrected chi connectivity index (χ1v) is 8.59. The SMILES string of the molecule is Cc1ccccc1Cn1cccc(C(=O)Nc2cccc(C)c2C)c1=O. The van der Waals surface area contributed by atoms with Gasteiger partial charge in [0.05, 0.1) is 6.54 Å². The third kappa shape index (κ3) is 3.59. The minimum atomic E-state index is -0.386. The van der Waals surface area contributed by atoms with E-state index in [0.717, 1.165) is 27.9 Å². The van der Waals surface area contributed by atoms with Crippen LogP contribution in [0.5, 0.6) is 0 Å². The number of rotatable bonds is 4. The zero-order chi connectivity index (χ0) is 18.7. The lowest BCUT2D eigenvalue weighted by Crippen LogP contribution is -2.29. The first-order valence-electron chi connectivity index (χ1n) is 8.59. The standard InChI is InChI=1S/C22H22N2O2/c1-15-9-6-12-20(17(15)3)23-21(25)19-11-7-13-24(22(19)26)14-18-10-5-4-8-16(18)2/h4-13H,14H2,1-3H3,(H,23,25). The molecule has 1 amide bonds. The Morgan fingerprint density at radius 1 is 0.923 bits per heavy atom. The van der Waals surface area contributed by atoms with Crippen molar-refractivity contribution in [2.24, 2.45) is 0 Å². The summed E-state index contributed by atoms with van der Waals surface area (Å²) >= 11 is 0. The molecule has 1 aromatic heterocycles. The van der Waals surface area contributed by atoms with Gasteiger partial charge >= 0.3 is 0 Å². The van der Waals surface area contributed by atoms with E-state index in [-0.39, 0.29) is 17.0 Å². The van der Waals surface area contributed by atoms with E-state index in [4.69, 9.17) is 0 Å². The van der Waals surface area contributed by atoms with E-state index in [1.165, 1.54) is 0 Å². The maximum absolute atomic E-state index is 12.8. The van der Waals surface area contributed by atoms with Crippen molar-refractivity contribution in [2.75, 3.05) is 5.32 Å². The highest BCUT2D eigenvalue weighted by Gasteiger charge is 2.14. The van der Waals surface area contributed by atoms with E-state index >= 15 is 0 Å². The first-order chi connectivity index (χ1) is 12.5. The van der Waals surface area contributed by atoms with E-state index in [9.17, 15) is 9.59 Å². The van der Waals surface area contributed by atoms with Crippen molar-refractivity contribution in [3.63, 3.8) is 0 Å². The summed E-state index contributed by atoms with van der Waals surface area (Å²) in [5.41, 5.74) is 4.83. The molecule has 0 spiro atoms. The lowest BCUT2D eigenvalue weighted by Gasteiger charge is -2.12.